The Balaban J connectivity index is 1.50. The van der Waals surface area contributed by atoms with Gasteiger partial charge in [0.1, 0.15) is 0 Å². The molecular formula is C24H18N4O4S. The summed E-state index contributed by atoms with van der Waals surface area (Å²) in [6.07, 6.45) is 1.42. The van der Waals surface area contributed by atoms with Crippen LogP contribution in [0.2, 0.25) is 0 Å². The zero-order valence-corrected chi connectivity index (χ0v) is 18.0. The molecule has 33 heavy (non-hydrogen) atoms. The quantitative estimate of drug-likeness (QED) is 0.190. The summed E-state index contributed by atoms with van der Waals surface area (Å²) in [7, 11) is 0. The van der Waals surface area contributed by atoms with Crippen LogP contribution < -0.4 is 11.0 Å². The van der Waals surface area contributed by atoms with Crippen molar-refractivity contribution in [1.82, 2.24) is 15.0 Å². The number of nitrogens with zero attached hydrogens (tertiary/aromatic N) is 3. The van der Waals surface area contributed by atoms with Crippen LogP contribution in [0.25, 0.3) is 16.6 Å². The van der Waals surface area contributed by atoms with Crippen LogP contribution in [0.5, 0.6) is 0 Å². The lowest BCUT2D eigenvalue weighted by Gasteiger charge is -2.12. The summed E-state index contributed by atoms with van der Waals surface area (Å²) in [6, 6.07) is 22.3. The average Bonchev–Trinajstić information content (AvgIpc) is 2.84. The molecule has 1 heterocycles. The summed E-state index contributed by atoms with van der Waals surface area (Å²) in [6.45, 7) is 0. The number of hydrogen-bond donors (Lipinski definition) is 2. The molecule has 0 aliphatic rings. The number of rotatable bonds is 7. The minimum absolute atomic E-state index is 0.00704. The highest BCUT2D eigenvalue weighted by molar-refractivity contribution is 7.99. The van der Waals surface area contributed by atoms with Gasteiger partial charge < -0.3 is 5.11 Å². The van der Waals surface area contributed by atoms with Crippen LogP contribution in [0.3, 0.4) is 0 Å². The predicted octanol–water partition coefficient (Wildman–Crippen LogP) is 3.33. The molecule has 0 spiro atoms. The fraction of sp³-hybridized carbons (Fsp3) is 0.0417. The second kappa shape index (κ2) is 9.92. The predicted molar refractivity (Wildman–Crippen MR) is 127 cm³/mol. The Hall–Kier alpha value is -4.24. The van der Waals surface area contributed by atoms with Gasteiger partial charge in [-0.3, -0.25) is 14.2 Å². The second-order valence-corrected chi connectivity index (χ2v) is 7.84. The lowest BCUT2D eigenvalue weighted by molar-refractivity contribution is -0.118. The maximum absolute atomic E-state index is 13.1. The summed E-state index contributed by atoms with van der Waals surface area (Å²) in [5.74, 6) is -1.40. The number of benzene rings is 3. The molecule has 0 unspecified atom stereocenters. The Bertz CT molecular complexity index is 1400. The molecule has 0 radical (unpaired) electrons. The van der Waals surface area contributed by atoms with E-state index in [2.05, 4.69) is 15.5 Å². The van der Waals surface area contributed by atoms with Gasteiger partial charge in [0.15, 0.2) is 5.16 Å². The number of thioether (sulfide) groups is 1. The van der Waals surface area contributed by atoms with E-state index in [1.807, 2.05) is 30.3 Å². The number of nitrogens with one attached hydrogen (secondary N) is 1. The first-order valence-corrected chi connectivity index (χ1v) is 10.9. The Kier molecular flexibility index (Phi) is 6.61. The fourth-order valence-corrected chi connectivity index (χ4v) is 3.87. The van der Waals surface area contributed by atoms with Gasteiger partial charge in [-0.25, -0.2) is 15.2 Å². The van der Waals surface area contributed by atoms with Gasteiger partial charge in [-0.05, 0) is 42.0 Å². The third-order valence-electron chi connectivity index (χ3n) is 4.65. The van der Waals surface area contributed by atoms with Crippen molar-refractivity contribution in [3.05, 3.63) is 100 Å². The molecule has 4 aromatic rings. The molecule has 0 saturated carbocycles. The molecule has 0 fully saturated rings. The molecular weight excluding hydrogens is 440 g/mol. The minimum atomic E-state index is -1.01. The smallest absolute Gasteiger partial charge is 0.335 e. The van der Waals surface area contributed by atoms with Crippen LogP contribution in [-0.4, -0.2) is 38.5 Å². The number of hydrogen-bond acceptors (Lipinski definition) is 6. The highest BCUT2D eigenvalue weighted by Crippen LogP contribution is 2.21. The molecule has 0 bridgehead atoms. The molecule has 3 aromatic carbocycles. The molecule has 0 aliphatic carbocycles. The van der Waals surface area contributed by atoms with Gasteiger partial charge in [-0.2, -0.15) is 5.10 Å². The fourth-order valence-electron chi connectivity index (χ4n) is 3.07. The minimum Gasteiger partial charge on any atom is -0.478 e. The number of aromatic carboxylic acids is 1. The molecule has 8 nitrogen and oxygen atoms in total. The van der Waals surface area contributed by atoms with Gasteiger partial charge in [-0.1, -0.05) is 54.2 Å². The van der Waals surface area contributed by atoms with E-state index >= 15 is 0 Å². The standard InChI is InChI=1S/C24H18N4O4S/c29-21(27-25-14-16-10-12-17(13-11-16)23(31)32)15-33-24-26-20-9-5-4-8-19(20)22(30)28(24)18-6-2-1-3-7-18/h1-14H,15H2,(H,27,29)(H,31,32)/b25-14-. The molecule has 2 N–H and O–H groups in total. The molecule has 1 aromatic heterocycles. The zero-order chi connectivity index (χ0) is 23.2. The lowest BCUT2D eigenvalue weighted by atomic mass is 10.1. The Morgan fingerprint density at radius 1 is 1.00 bits per heavy atom. The number of hydrazone groups is 1. The van der Waals surface area contributed by atoms with Gasteiger partial charge in [0.05, 0.1) is 34.1 Å². The topological polar surface area (TPSA) is 114 Å². The summed E-state index contributed by atoms with van der Waals surface area (Å²) in [4.78, 5) is 40.9. The van der Waals surface area contributed by atoms with Gasteiger partial charge in [0.2, 0.25) is 0 Å². The number of aromatic nitrogens is 2. The maximum Gasteiger partial charge on any atom is 0.335 e. The second-order valence-electron chi connectivity index (χ2n) is 6.90. The van der Waals surface area contributed by atoms with Gasteiger partial charge in [0.25, 0.3) is 11.5 Å². The number of carboxylic acid groups (broad SMARTS) is 1. The van der Waals surface area contributed by atoms with Crippen molar-refractivity contribution < 1.29 is 14.7 Å². The summed E-state index contributed by atoms with van der Waals surface area (Å²) in [5.41, 5.74) is 4.24. The summed E-state index contributed by atoms with van der Waals surface area (Å²) >= 11 is 1.13. The molecule has 9 heteroatoms. The Morgan fingerprint density at radius 3 is 2.42 bits per heavy atom. The van der Waals surface area contributed by atoms with Crippen molar-refractivity contribution in [3.8, 4) is 5.69 Å². The highest BCUT2D eigenvalue weighted by atomic mass is 32.2. The van der Waals surface area contributed by atoms with Crippen LogP contribution in [0.1, 0.15) is 15.9 Å². The molecule has 0 atom stereocenters. The van der Waals surface area contributed by atoms with Gasteiger partial charge in [-0.15, -0.1) is 0 Å². The van der Waals surface area contributed by atoms with Crippen LogP contribution >= 0.6 is 11.8 Å². The van der Waals surface area contributed by atoms with Crippen molar-refractivity contribution in [2.45, 2.75) is 5.16 Å². The summed E-state index contributed by atoms with van der Waals surface area (Å²) in [5, 5.41) is 13.7. The van der Waals surface area contributed by atoms with Crippen LogP contribution in [0.4, 0.5) is 0 Å². The van der Waals surface area contributed by atoms with E-state index in [4.69, 9.17) is 5.11 Å². The van der Waals surface area contributed by atoms with Gasteiger partial charge in [0, 0.05) is 0 Å². The maximum atomic E-state index is 13.1. The largest absolute Gasteiger partial charge is 0.478 e. The SMILES string of the molecule is O=C(CSc1nc2ccccc2c(=O)n1-c1ccccc1)N/N=C\c1ccc(C(=O)O)cc1. The monoisotopic (exact) mass is 458 g/mol. The number of amides is 1. The van der Waals surface area contributed by atoms with E-state index in [0.717, 1.165) is 11.8 Å². The van der Waals surface area contributed by atoms with Crippen molar-refractivity contribution in [3.63, 3.8) is 0 Å². The Morgan fingerprint density at radius 2 is 1.70 bits per heavy atom. The van der Waals surface area contributed by atoms with E-state index in [0.29, 0.717) is 27.3 Å². The first-order valence-electron chi connectivity index (χ1n) is 9.88. The van der Waals surface area contributed by atoms with E-state index in [1.54, 1.807) is 36.4 Å². The number of carbonyl (C=O) groups is 2. The van der Waals surface area contributed by atoms with E-state index in [1.165, 1.54) is 22.9 Å². The molecule has 0 saturated heterocycles. The number of fused-ring (bicyclic) bond motifs is 1. The molecule has 0 aliphatic heterocycles. The average molecular weight is 458 g/mol. The first-order chi connectivity index (χ1) is 16.0. The normalized spacial score (nSPS) is 11.0. The molecule has 1 amide bonds. The van der Waals surface area contributed by atoms with Crippen molar-refractivity contribution in [2.75, 3.05) is 5.75 Å². The number of carbonyl (C=O) groups excluding carboxylic acids is 1. The number of para-hydroxylation sites is 2. The summed E-state index contributed by atoms with van der Waals surface area (Å²) < 4.78 is 1.49. The third kappa shape index (κ3) is 5.16. The van der Waals surface area contributed by atoms with Crippen molar-refractivity contribution in [1.29, 1.82) is 0 Å². The Labute approximate surface area is 192 Å². The van der Waals surface area contributed by atoms with E-state index < -0.39 is 5.97 Å². The van der Waals surface area contributed by atoms with E-state index in [9.17, 15) is 14.4 Å². The van der Waals surface area contributed by atoms with Crippen LogP contribution in [0.15, 0.2) is 93.9 Å². The lowest BCUT2D eigenvalue weighted by Crippen LogP contribution is -2.24. The zero-order valence-electron chi connectivity index (χ0n) is 17.2. The molecule has 4 rings (SSSR count). The van der Waals surface area contributed by atoms with Crippen LogP contribution in [-0.2, 0) is 4.79 Å². The van der Waals surface area contributed by atoms with Crippen LogP contribution in [0, 0.1) is 0 Å². The number of carboxylic acids is 1. The van der Waals surface area contributed by atoms with Crippen molar-refractivity contribution in [2.24, 2.45) is 5.10 Å². The highest BCUT2D eigenvalue weighted by Gasteiger charge is 2.14. The first kappa shape index (κ1) is 22.0. The van der Waals surface area contributed by atoms with E-state index in [-0.39, 0.29) is 22.8 Å². The van der Waals surface area contributed by atoms with Gasteiger partial charge >= 0.3 is 5.97 Å². The molecule has 164 valence electrons. The van der Waals surface area contributed by atoms with Crippen molar-refractivity contribution >= 4 is 40.8 Å². The third-order valence-corrected chi connectivity index (χ3v) is 5.59.